The highest BCUT2D eigenvalue weighted by molar-refractivity contribution is 8.18. The van der Waals surface area contributed by atoms with Crippen LogP contribution in [-0.2, 0) is 22.6 Å². The Morgan fingerprint density at radius 3 is 2.47 bits per heavy atom. The highest BCUT2D eigenvalue weighted by atomic mass is 35.5. The Kier molecular flexibility index (Phi) is 7.35. The maximum Gasteiger partial charge on any atom is 0.342 e. The molecule has 0 spiro atoms. The number of amides is 2. The van der Waals surface area contributed by atoms with Crippen molar-refractivity contribution in [1.82, 2.24) is 4.90 Å². The first kappa shape index (κ1) is 23.6. The van der Waals surface area contributed by atoms with Gasteiger partial charge in [-0.3, -0.25) is 14.5 Å². The molecule has 0 aliphatic carbocycles. The van der Waals surface area contributed by atoms with Crippen LogP contribution in [0, 0.1) is 0 Å². The maximum absolute atomic E-state index is 12.8. The van der Waals surface area contributed by atoms with Crippen molar-refractivity contribution in [2.45, 2.75) is 13.0 Å². The molecular formula is C26H20ClNO5S. The molecule has 0 atom stereocenters. The van der Waals surface area contributed by atoms with E-state index in [1.54, 1.807) is 18.2 Å². The lowest BCUT2D eigenvalue weighted by Gasteiger charge is -2.12. The van der Waals surface area contributed by atoms with Crippen LogP contribution in [0.2, 0.25) is 5.02 Å². The van der Waals surface area contributed by atoms with Crippen molar-refractivity contribution in [3.05, 3.63) is 105 Å². The molecule has 0 bridgehead atoms. The third-order valence-electron chi connectivity index (χ3n) is 5.16. The number of carbonyl (C=O) groups excluding carboxylic acids is 3. The van der Waals surface area contributed by atoms with E-state index in [0.717, 1.165) is 22.9 Å². The highest BCUT2D eigenvalue weighted by Gasteiger charge is 2.34. The number of phenols is 1. The van der Waals surface area contributed by atoms with Gasteiger partial charge in [-0.2, -0.15) is 0 Å². The number of ether oxygens (including phenoxy) is 1. The van der Waals surface area contributed by atoms with Crippen molar-refractivity contribution in [3.8, 4) is 5.75 Å². The first-order valence-electron chi connectivity index (χ1n) is 10.4. The van der Waals surface area contributed by atoms with Crippen LogP contribution in [0.3, 0.4) is 0 Å². The number of hydrogen-bond donors (Lipinski definition) is 1. The molecular weight excluding hydrogens is 474 g/mol. The van der Waals surface area contributed by atoms with Crippen LogP contribution in [0.1, 0.15) is 27.0 Å². The lowest BCUT2D eigenvalue weighted by atomic mass is 10.1. The van der Waals surface area contributed by atoms with Gasteiger partial charge in [-0.1, -0.05) is 60.1 Å². The van der Waals surface area contributed by atoms with Crippen molar-refractivity contribution in [2.75, 3.05) is 6.54 Å². The number of carbonyl (C=O) groups is 3. The summed E-state index contributed by atoms with van der Waals surface area (Å²) in [6.45, 7) is 0.312. The molecule has 34 heavy (non-hydrogen) atoms. The molecule has 3 aromatic carbocycles. The summed E-state index contributed by atoms with van der Waals surface area (Å²) in [4.78, 5) is 39.1. The van der Waals surface area contributed by atoms with E-state index in [1.807, 2.05) is 42.5 Å². The Bertz CT molecular complexity index is 1260. The summed E-state index contributed by atoms with van der Waals surface area (Å²) in [6.07, 6.45) is 2.04. The predicted octanol–water partition coefficient (Wildman–Crippen LogP) is 5.68. The summed E-state index contributed by atoms with van der Waals surface area (Å²) in [5.41, 5.74) is 2.25. The standard InChI is InChI=1S/C26H20ClNO5S/c27-20-9-6-17(7-10-20)12-13-28-24(30)23(34-26(28)32)15-19-8-11-22(29)21(14-19)25(31)33-16-18-4-2-1-3-5-18/h1-11,14-15,29H,12-13,16H2/b23-15+. The molecule has 0 unspecified atom stereocenters. The number of nitrogens with zero attached hydrogens (tertiary/aromatic N) is 1. The van der Waals surface area contributed by atoms with Gasteiger partial charge in [0.1, 0.15) is 17.9 Å². The predicted molar refractivity (Wildman–Crippen MR) is 132 cm³/mol. The summed E-state index contributed by atoms with van der Waals surface area (Å²) in [5.74, 6) is -1.32. The minimum absolute atomic E-state index is 0.0216. The van der Waals surface area contributed by atoms with Gasteiger partial charge in [0, 0.05) is 11.6 Å². The van der Waals surface area contributed by atoms with Crippen molar-refractivity contribution in [2.24, 2.45) is 0 Å². The van der Waals surface area contributed by atoms with Gasteiger partial charge in [-0.25, -0.2) is 4.79 Å². The van der Waals surface area contributed by atoms with Crippen molar-refractivity contribution in [1.29, 1.82) is 0 Å². The Hall–Kier alpha value is -3.55. The molecule has 1 heterocycles. The molecule has 8 heteroatoms. The van der Waals surface area contributed by atoms with Gasteiger partial charge in [0.25, 0.3) is 11.1 Å². The summed E-state index contributed by atoms with van der Waals surface area (Å²) in [6, 6.07) is 20.8. The molecule has 0 radical (unpaired) electrons. The third kappa shape index (κ3) is 5.68. The average molecular weight is 494 g/mol. The van der Waals surface area contributed by atoms with E-state index in [-0.39, 0.29) is 34.6 Å². The Labute approximate surface area is 205 Å². The zero-order chi connectivity index (χ0) is 24.1. The van der Waals surface area contributed by atoms with E-state index in [4.69, 9.17) is 16.3 Å². The molecule has 0 saturated carbocycles. The molecule has 1 fully saturated rings. The molecule has 4 rings (SSSR count). The van der Waals surface area contributed by atoms with Crippen molar-refractivity contribution >= 4 is 46.6 Å². The topological polar surface area (TPSA) is 83.9 Å². The van der Waals surface area contributed by atoms with Gasteiger partial charge in [0.05, 0.1) is 4.91 Å². The van der Waals surface area contributed by atoms with Crippen LogP contribution < -0.4 is 0 Å². The van der Waals surface area contributed by atoms with Crippen molar-refractivity contribution in [3.63, 3.8) is 0 Å². The van der Waals surface area contributed by atoms with Crippen LogP contribution in [0.4, 0.5) is 4.79 Å². The SMILES string of the molecule is O=C(OCc1ccccc1)c1cc(/C=C2/SC(=O)N(CCc3ccc(Cl)cc3)C2=O)ccc1O. The highest BCUT2D eigenvalue weighted by Crippen LogP contribution is 2.33. The van der Waals surface area contributed by atoms with Gasteiger partial charge in [0.15, 0.2) is 0 Å². The van der Waals surface area contributed by atoms with Gasteiger partial charge in [-0.05, 0) is 65.2 Å². The quantitative estimate of drug-likeness (QED) is 0.336. The summed E-state index contributed by atoms with van der Waals surface area (Å²) in [5, 5.41) is 10.4. The van der Waals surface area contributed by atoms with Crippen LogP contribution in [-0.4, -0.2) is 33.7 Å². The van der Waals surface area contributed by atoms with Gasteiger partial charge in [0.2, 0.25) is 0 Å². The van der Waals surface area contributed by atoms with E-state index in [9.17, 15) is 19.5 Å². The largest absolute Gasteiger partial charge is 0.507 e. The fourth-order valence-electron chi connectivity index (χ4n) is 3.34. The molecule has 0 aromatic heterocycles. The lowest BCUT2D eigenvalue weighted by Crippen LogP contribution is -2.30. The molecule has 1 saturated heterocycles. The van der Waals surface area contributed by atoms with E-state index in [0.29, 0.717) is 17.0 Å². The summed E-state index contributed by atoms with van der Waals surface area (Å²) in [7, 11) is 0. The number of benzene rings is 3. The van der Waals surface area contributed by atoms with Gasteiger partial charge >= 0.3 is 5.97 Å². The second-order valence-corrected chi connectivity index (χ2v) is 8.98. The fraction of sp³-hybridized carbons (Fsp3) is 0.115. The fourth-order valence-corrected chi connectivity index (χ4v) is 4.33. The zero-order valence-electron chi connectivity index (χ0n) is 17.9. The second-order valence-electron chi connectivity index (χ2n) is 7.55. The van der Waals surface area contributed by atoms with E-state index in [1.165, 1.54) is 23.1 Å². The number of phenolic OH excluding ortho intramolecular Hbond substituents is 1. The lowest BCUT2D eigenvalue weighted by molar-refractivity contribution is -0.122. The molecule has 2 amide bonds. The summed E-state index contributed by atoms with van der Waals surface area (Å²) >= 11 is 6.73. The first-order chi connectivity index (χ1) is 16.4. The number of halogens is 1. The van der Waals surface area contributed by atoms with Gasteiger partial charge < -0.3 is 9.84 Å². The smallest absolute Gasteiger partial charge is 0.342 e. The molecule has 1 aliphatic heterocycles. The number of thioether (sulfide) groups is 1. The van der Waals surface area contributed by atoms with Gasteiger partial charge in [-0.15, -0.1) is 0 Å². The Balaban J connectivity index is 1.44. The summed E-state index contributed by atoms with van der Waals surface area (Å²) < 4.78 is 5.29. The monoisotopic (exact) mass is 493 g/mol. The van der Waals surface area contributed by atoms with E-state index >= 15 is 0 Å². The first-order valence-corrected chi connectivity index (χ1v) is 11.6. The number of esters is 1. The third-order valence-corrected chi connectivity index (χ3v) is 6.32. The Morgan fingerprint density at radius 1 is 1.00 bits per heavy atom. The molecule has 1 aliphatic rings. The number of hydrogen-bond acceptors (Lipinski definition) is 6. The van der Waals surface area contributed by atoms with E-state index < -0.39 is 11.9 Å². The molecule has 3 aromatic rings. The molecule has 1 N–H and O–H groups in total. The minimum Gasteiger partial charge on any atom is -0.507 e. The molecule has 6 nitrogen and oxygen atoms in total. The minimum atomic E-state index is -0.687. The van der Waals surface area contributed by atoms with Crippen LogP contribution in [0.5, 0.6) is 5.75 Å². The second kappa shape index (κ2) is 10.6. The van der Waals surface area contributed by atoms with Crippen molar-refractivity contribution < 1.29 is 24.2 Å². The zero-order valence-corrected chi connectivity index (χ0v) is 19.5. The normalized spacial score (nSPS) is 14.6. The average Bonchev–Trinajstić information content (AvgIpc) is 3.11. The maximum atomic E-state index is 12.8. The number of imide groups is 1. The number of aromatic hydroxyl groups is 1. The van der Waals surface area contributed by atoms with Crippen LogP contribution in [0.15, 0.2) is 77.7 Å². The van der Waals surface area contributed by atoms with Crippen LogP contribution >= 0.6 is 23.4 Å². The van der Waals surface area contributed by atoms with E-state index in [2.05, 4.69) is 0 Å². The van der Waals surface area contributed by atoms with Crippen LogP contribution in [0.25, 0.3) is 6.08 Å². The number of rotatable bonds is 7. The Morgan fingerprint density at radius 2 is 1.74 bits per heavy atom. The molecule has 172 valence electrons.